The lowest BCUT2D eigenvalue weighted by Gasteiger charge is -2.36. The summed E-state index contributed by atoms with van der Waals surface area (Å²) in [6.45, 7) is 28.6. The molecule has 0 saturated heterocycles. The van der Waals surface area contributed by atoms with E-state index in [1.807, 2.05) is 12.2 Å². The van der Waals surface area contributed by atoms with Crippen LogP contribution in [0.4, 0.5) is 34.1 Å². The molecule has 0 fully saturated rings. The van der Waals surface area contributed by atoms with E-state index in [1.165, 1.54) is 83.5 Å². The fraction of sp³-hybridized carbons (Fsp3) is 0.111. The van der Waals surface area contributed by atoms with Gasteiger partial charge in [0.15, 0.2) is 0 Å². The highest BCUT2D eigenvalue weighted by atomic mass is 15.1. The minimum Gasteiger partial charge on any atom is -0.310 e. The number of hydrogen-bond acceptors (Lipinski definition) is 2. The van der Waals surface area contributed by atoms with Gasteiger partial charge in [-0.1, -0.05) is 334 Å². The fourth-order valence-corrected chi connectivity index (χ4v) is 15.8. The summed E-state index contributed by atoms with van der Waals surface area (Å²) in [5.41, 5.74) is 31.1. The van der Waals surface area contributed by atoms with E-state index in [9.17, 15) is 0 Å². The maximum absolute atomic E-state index is 4.51. The summed E-state index contributed by atoms with van der Waals surface area (Å²) in [5.74, 6) is 0. The number of rotatable bonds is 17. The molecule has 2 aliphatic rings. The Balaban J connectivity index is 0.852. The number of fused-ring (bicyclic) bond motifs is 4. The summed E-state index contributed by atoms with van der Waals surface area (Å²) < 4.78 is 0. The lowest BCUT2D eigenvalue weighted by molar-refractivity contribution is 0.589. The number of hydrogen-bond donors (Lipinski definition) is 0. The smallest absolute Gasteiger partial charge is 0.0714 e. The molecule has 0 aromatic heterocycles. The van der Waals surface area contributed by atoms with Crippen molar-refractivity contribution < 1.29 is 0 Å². The van der Waals surface area contributed by atoms with E-state index in [4.69, 9.17) is 0 Å². The first-order valence-corrected chi connectivity index (χ1v) is 35.3. The van der Waals surface area contributed by atoms with E-state index in [2.05, 4.69) is 412 Å². The van der Waals surface area contributed by atoms with Crippen molar-refractivity contribution in [2.75, 3.05) is 9.80 Å². The minimum absolute atomic E-state index is 0.00528. The molecule has 2 nitrogen and oxygen atoms in total. The van der Waals surface area contributed by atoms with Crippen molar-refractivity contribution in [2.24, 2.45) is 0 Å². The summed E-state index contributed by atoms with van der Waals surface area (Å²) in [5, 5.41) is 0. The van der Waals surface area contributed by atoms with Gasteiger partial charge in [-0.05, 0) is 213 Å². The molecule has 2 atom stereocenters. The molecule has 0 aliphatic heterocycles. The Morgan fingerprint density at radius 1 is 0.287 bits per heavy atom. The Hall–Kier alpha value is -11.8. The average Bonchev–Trinajstić information content (AvgIpc) is 1.56. The molecule has 13 aromatic rings. The third-order valence-electron chi connectivity index (χ3n) is 21.1. The molecule has 15 rings (SSSR count). The van der Waals surface area contributed by atoms with Crippen molar-refractivity contribution in [3.8, 4) is 44.5 Å². The van der Waals surface area contributed by atoms with Crippen molar-refractivity contribution in [2.45, 2.75) is 70.1 Å². The first kappa shape index (κ1) is 65.1. The lowest BCUT2D eigenvalue weighted by Crippen LogP contribution is -2.30. The van der Waals surface area contributed by atoms with Gasteiger partial charge in [0, 0.05) is 34.1 Å². The molecule has 101 heavy (non-hydrogen) atoms. The van der Waals surface area contributed by atoms with Gasteiger partial charge in [0.1, 0.15) is 0 Å². The van der Waals surface area contributed by atoms with Gasteiger partial charge in [-0.3, -0.25) is 0 Å². The third kappa shape index (κ3) is 11.5. The van der Waals surface area contributed by atoms with Crippen LogP contribution in [-0.4, -0.2) is 0 Å². The zero-order chi connectivity index (χ0) is 69.6. The van der Waals surface area contributed by atoms with Crippen LogP contribution >= 0.6 is 0 Å². The minimum atomic E-state index is -0.689. The molecule has 13 aromatic carbocycles. The Morgan fingerprint density at radius 2 is 0.604 bits per heavy atom. The van der Waals surface area contributed by atoms with Gasteiger partial charge in [-0.15, -0.1) is 0 Å². The van der Waals surface area contributed by atoms with Crippen molar-refractivity contribution in [1.82, 2.24) is 0 Å². The number of nitrogens with zero attached hydrogens (tertiary/aromatic N) is 2. The monoisotopic (exact) mass is 1300 g/mol. The third-order valence-corrected chi connectivity index (χ3v) is 21.1. The van der Waals surface area contributed by atoms with Crippen LogP contribution in [0.25, 0.3) is 62.2 Å². The van der Waals surface area contributed by atoms with E-state index in [-0.39, 0.29) is 10.8 Å². The molecular formula is C99H84N2. The van der Waals surface area contributed by atoms with E-state index in [0.717, 1.165) is 73.1 Å². The summed E-state index contributed by atoms with van der Waals surface area (Å²) in [6, 6.07) is 118. The molecule has 490 valence electrons. The highest BCUT2D eigenvalue weighted by Crippen LogP contribution is 2.59. The van der Waals surface area contributed by atoms with Crippen molar-refractivity contribution in [3.05, 3.63) is 426 Å². The topological polar surface area (TPSA) is 6.48 Å². The predicted molar refractivity (Wildman–Crippen MR) is 432 cm³/mol. The normalized spacial score (nSPS) is 15.4. The van der Waals surface area contributed by atoms with Gasteiger partial charge in [-0.25, -0.2) is 0 Å². The zero-order valence-electron chi connectivity index (χ0n) is 58.9. The van der Waals surface area contributed by atoms with Gasteiger partial charge in [0.2, 0.25) is 0 Å². The first-order chi connectivity index (χ1) is 49.1. The molecule has 0 N–H and O–H groups in total. The van der Waals surface area contributed by atoms with E-state index in [1.54, 1.807) is 0 Å². The average molecular weight is 1300 g/mol. The zero-order valence-corrected chi connectivity index (χ0v) is 58.9. The van der Waals surface area contributed by atoms with Crippen LogP contribution in [0.5, 0.6) is 0 Å². The van der Waals surface area contributed by atoms with Crippen LogP contribution in [-0.2, 0) is 21.7 Å². The van der Waals surface area contributed by atoms with Crippen molar-refractivity contribution >= 4 is 51.8 Å². The van der Waals surface area contributed by atoms with E-state index in [0.29, 0.717) is 0 Å². The molecule has 2 aliphatic carbocycles. The Bertz CT molecular complexity index is 5280. The standard InChI is InChI=1S/C99H84N2/c1-11-23-92-88(14-4)90-64-62-86(66-94(90)98(92,78-42-30-68(12-2)31-43-78)80-50-46-76(47-51-80)96(5,6)7)100(82-54-34-72(35-55-82)70-24-17-15-18-25-70)84-58-38-74(39-59-84)75-40-60-85(61-41-75)101(83-56-36-73(37-57-83)71-26-19-16-20-27-71)87-63-65-91-89-28-21-22-29-93(89)99(95(91)67-87,79-44-32-69(13-3)33-45-79)81-52-48-77(49-53-81)97(8,9)10/h11-67H,2-4H2,1,5-10H3/b23-11-. The second-order valence-corrected chi connectivity index (χ2v) is 28.9. The highest BCUT2D eigenvalue weighted by molar-refractivity contribution is 5.95. The van der Waals surface area contributed by atoms with Crippen molar-refractivity contribution in [1.29, 1.82) is 0 Å². The van der Waals surface area contributed by atoms with E-state index >= 15 is 0 Å². The summed E-state index contributed by atoms with van der Waals surface area (Å²) in [6.07, 6.45) is 10.4. The largest absolute Gasteiger partial charge is 0.310 e. The quantitative estimate of drug-likeness (QED) is 0.0896. The van der Waals surface area contributed by atoms with E-state index < -0.39 is 10.8 Å². The first-order valence-electron chi connectivity index (χ1n) is 35.3. The SMILES string of the molecule is C=CC1=C(/C=C\C)C(c2ccc(C=C)cc2)(c2ccc(C(C)(C)C)cc2)c2cc(N(c3ccc(-c4ccccc4)cc3)c3ccc(-c4ccc(N(c5ccc(-c6ccccc6)cc5)c5ccc6c(c5)C(c5ccc(C=C)cc5)(c5ccc(C(C)(C)C)cc5)c5ccccc5-6)cc4)cc3)ccc21. The molecule has 2 heteroatoms. The number of allylic oxidation sites excluding steroid dienone is 5. The van der Waals surface area contributed by atoms with Gasteiger partial charge in [0.25, 0.3) is 0 Å². The molecule has 0 heterocycles. The van der Waals surface area contributed by atoms with Gasteiger partial charge in [0.05, 0.1) is 10.8 Å². The molecule has 0 bridgehead atoms. The molecule has 0 saturated carbocycles. The molecular weight excluding hydrogens is 1220 g/mol. The van der Waals surface area contributed by atoms with Crippen LogP contribution < -0.4 is 9.80 Å². The highest BCUT2D eigenvalue weighted by Gasteiger charge is 2.48. The summed E-state index contributed by atoms with van der Waals surface area (Å²) in [4.78, 5) is 4.84. The van der Waals surface area contributed by atoms with Gasteiger partial charge >= 0.3 is 0 Å². The number of benzene rings is 13. The number of anilines is 6. The van der Waals surface area contributed by atoms with Gasteiger partial charge in [-0.2, -0.15) is 0 Å². The second kappa shape index (κ2) is 26.4. The second-order valence-electron chi connectivity index (χ2n) is 28.9. The van der Waals surface area contributed by atoms with Crippen LogP contribution in [0.3, 0.4) is 0 Å². The van der Waals surface area contributed by atoms with Crippen LogP contribution in [0.15, 0.2) is 359 Å². The molecule has 0 radical (unpaired) electrons. The summed E-state index contributed by atoms with van der Waals surface area (Å²) in [7, 11) is 0. The maximum Gasteiger partial charge on any atom is 0.0714 e. The Kier molecular flexibility index (Phi) is 17.0. The Labute approximate surface area is 598 Å². The predicted octanol–water partition coefficient (Wildman–Crippen LogP) is 26.7. The molecule has 0 amide bonds. The van der Waals surface area contributed by atoms with Crippen LogP contribution in [0.2, 0.25) is 0 Å². The molecule has 0 spiro atoms. The molecule has 2 unspecified atom stereocenters. The summed E-state index contributed by atoms with van der Waals surface area (Å²) >= 11 is 0. The fourth-order valence-electron chi connectivity index (χ4n) is 15.8. The lowest BCUT2D eigenvalue weighted by atomic mass is 9.66. The maximum atomic E-state index is 4.51. The van der Waals surface area contributed by atoms with Gasteiger partial charge < -0.3 is 9.80 Å². The van der Waals surface area contributed by atoms with Crippen LogP contribution in [0, 0.1) is 0 Å². The Morgan fingerprint density at radius 3 is 0.970 bits per heavy atom. The van der Waals surface area contributed by atoms with Crippen LogP contribution in [0.1, 0.15) is 115 Å². The van der Waals surface area contributed by atoms with Crippen molar-refractivity contribution in [3.63, 3.8) is 0 Å².